The van der Waals surface area contributed by atoms with Crippen LogP contribution < -0.4 is 4.52 Å². The van der Waals surface area contributed by atoms with Gasteiger partial charge in [-0.15, -0.1) is 0 Å². The molecule has 418 valence electrons. The monoisotopic (exact) mass is 1020 g/mol. The van der Waals surface area contributed by atoms with E-state index in [1.54, 1.807) is 5.56 Å². The van der Waals surface area contributed by atoms with Crippen LogP contribution in [0.3, 0.4) is 0 Å². The van der Waals surface area contributed by atoms with Gasteiger partial charge in [0.15, 0.2) is 0 Å². The van der Waals surface area contributed by atoms with E-state index in [-0.39, 0.29) is 0 Å². The summed E-state index contributed by atoms with van der Waals surface area (Å²) in [5.74, 6) is 1.03. The lowest BCUT2D eigenvalue weighted by Gasteiger charge is -2.35. The smallest absolute Gasteiger partial charge is 0.391 e. The first-order valence-electron chi connectivity index (χ1n) is 32.1. The van der Waals surface area contributed by atoms with E-state index in [1.807, 2.05) is 18.2 Å². The van der Waals surface area contributed by atoms with Crippen LogP contribution in [-0.2, 0) is 31.1 Å². The molecule has 3 N–H and O–H groups in total. The molecule has 0 unspecified atom stereocenters. The van der Waals surface area contributed by atoms with Gasteiger partial charge >= 0.3 is 8.60 Å². The Balaban J connectivity index is 2.58. The van der Waals surface area contributed by atoms with Crippen molar-refractivity contribution in [1.82, 2.24) is 0 Å². The molecule has 0 saturated carbocycles. The molecular weight excluding hydrogens is 900 g/mol. The van der Waals surface area contributed by atoms with Crippen LogP contribution in [0.2, 0.25) is 0 Å². The van der Waals surface area contributed by atoms with E-state index in [4.69, 9.17) is 4.52 Å². The number of para-hydroxylation sites is 1. The normalized spacial score (nSPS) is 12.0. The molecule has 2 aromatic rings. The van der Waals surface area contributed by atoms with Crippen LogP contribution in [0, 0.1) is 0 Å². The van der Waals surface area contributed by atoms with E-state index < -0.39 is 14.0 Å². The molecule has 2 rings (SSSR count). The second kappa shape index (κ2) is 45.6. The molecule has 0 aromatic heterocycles. The Morgan fingerprint density at radius 2 is 0.597 bits per heavy atom. The Kier molecular flexibility index (Phi) is 42.1. The van der Waals surface area contributed by atoms with E-state index in [9.17, 15) is 14.9 Å². The highest BCUT2D eigenvalue weighted by molar-refractivity contribution is 7.39. The van der Waals surface area contributed by atoms with Gasteiger partial charge in [0.1, 0.15) is 11.5 Å². The molecule has 0 aliphatic heterocycles. The largest absolute Gasteiger partial charge is 0.508 e. The van der Waals surface area contributed by atoms with Gasteiger partial charge in [-0.3, -0.25) is 0 Å². The lowest BCUT2D eigenvalue weighted by molar-refractivity contribution is 0.366. The molecule has 0 spiro atoms. The molecule has 4 nitrogen and oxygen atoms in total. The van der Waals surface area contributed by atoms with Crippen molar-refractivity contribution in [3.63, 3.8) is 0 Å². The maximum atomic E-state index is 11.6. The first kappa shape index (κ1) is 66.5. The van der Waals surface area contributed by atoms with Gasteiger partial charge in [0, 0.05) is 16.5 Å². The average Bonchev–Trinajstić information content (AvgIpc) is 3.36. The first-order valence-corrected chi connectivity index (χ1v) is 33.2. The van der Waals surface area contributed by atoms with Gasteiger partial charge in [-0.1, -0.05) is 317 Å². The van der Waals surface area contributed by atoms with E-state index in [1.165, 1.54) is 286 Å². The van der Waals surface area contributed by atoms with Crippen molar-refractivity contribution < 1.29 is 19.4 Å². The molecule has 0 amide bonds. The quantitative estimate of drug-likeness (QED) is 0.0456. The highest BCUT2D eigenvalue weighted by Crippen LogP contribution is 2.50. The van der Waals surface area contributed by atoms with Crippen LogP contribution in [-0.4, -0.2) is 14.9 Å². The minimum absolute atomic E-state index is 0.299. The number of phenolic OH excluding ortho intramolecular Hbond substituents is 1. The topological polar surface area (TPSA) is 69.9 Å². The summed E-state index contributed by atoms with van der Waals surface area (Å²) in [4.78, 5) is 22.0. The van der Waals surface area contributed by atoms with Gasteiger partial charge in [-0.05, 0) is 79.7 Å². The Morgan fingerprint density at radius 3 is 0.889 bits per heavy atom. The minimum atomic E-state index is -2.65. The second-order valence-corrected chi connectivity index (χ2v) is 23.9. The maximum Gasteiger partial charge on any atom is 0.391 e. The Hall–Kier alpha value is -1.61. The van der Waals surface area contributed by atoms with Crippen LogP contribution >= 0.6 is 8.60 Å². The second-order valence-electron chi connectivity index (χ2n) is 23.2. The summed E-state index contributed by atoms with van der Waals surface area (Å²) in [6, 6.07) is 7.87. The van der Waals surface area contributed by atoms with E-state index in [0.717, 1.165) is 55.4 Å². The summed E-state index contributed by atoms with van der Waals surface area (Å²) in [5, 5.41) is 11.6. The fourth-order valence-electron chi connectivity index (χ4n) is 11.9. The molecule has 0 saturated heterocycles. The van der Waals surface area contributed by atoms with Gasteiger partial charge < -0.3 is 19.4 Å². The van der Waals surface area contributed by atoms with Crippen LogP contribution in [0.1, 0.15) is 357 Å². The fourth-order valence-corrected chi connectivity index (χ4v) is 12.3. The fraction of sp³-hybridized carbons (Fsp3) is 0.821. The zero-order valence-corrected chi connectivity index (χ0v) is 49.8. The van der Waals surface area contributed by atoms with Crippen molar-refractivity contribution in [2.24, 2.45) is 0 Å². The number of benzene rings is 2. The maximum absolute atomic E-state index is 11.6. The summed E-state index contributed by atoms with van der Waals surface area (Å²) in [7, 11) is -2.65. The standard InChI is InChI=1S/C67H121O4P/c1-7-11-15-19-23-27-31-35-39-43-47-53-59-60(54-48-44-40-36-32-28-24-20-16-12-8-2)62(56-50-46-42-38-34-30-26-22-18-14-10-4)66(71-72(69)70)65(67(5,6)63-57-51-52-58-64(63)68)61(59)55-49-45-41-37-33-29-25-21-17-13-9-3/h51-52,57-58,68-70H,7-50,53-56H2,1-6H3. The molecule has 0 aliphatic rings. The molecule has 0 bridgehead atoms. The minimum Gasteiger partial charge on any atom is -0.508 e. The van der Waals surface area contributed by atoms with Crippen molar-refractivity contribution in [2.75, 3.05) is 0 Å². The van der Waals surface area contributed by atoms with Crippen LogP contribution in [0.5, 0.6) is 11.5 Å². The molecule has 72 heavy (non-hydrogen) atoms. The third kappa shape index (κ3) is 30.2. The molecule has 0 aliphatic carbocycles. The van der Waals surface area contributed by atoms with Gasteiger partial charge in [0.05, 0.1) is 0 Å². The van der Waals surface area contributed by atoms with Crippen molar-refractivity contribution in [2.45, 2.75) is 355 Å². The Bertz CT molecular complexity index is 1530. The number of unbranched alkanes of at least 4 members (excludes halogenated alkanes) is 40. The van der Waals surface area contributed by atoms with Crippen molar-refractivity contribution in [1.29, 1.82) is 0 Å². The Morgan fingerprint density at radius 1 is 0.347 bits per heavy atom. The third-order valence-electron chi connectivity index (χ3n) is 16.4. The van der Waals surface area contributed by atoms with Gasteiger partial charge in [0.2, 0.25) is 0 Å². The van der Waals surface area contributed by atoms with Crippen LogP contribution in [0.15, 0.2) is 24.3 Å². The highest BCUT2D eigenvalue weighted by atomic mass is 31.2. The van der Waals surface area contributed by atoms with E-state index in [0.29, 0.717) is 5.75 Å². The van der Waals surface area contributed by atoms with E-state index in [2.05, 4.69) is 47.6 Å². The summed E-state index contributed by atoms with van der Waals surface area (Å²) in [5.41, 5.74) is 7.03. The summed E-state index contributed by atoms with van der Waals surface area (Å²) in [6.07, 6.45) is 62.1. The van der Waals surface area contributed by atoms with Crippen molar-refractivity contribution >= 4 is 8.60 Å². The number of hydrogen-bond donors (Lipinski definition) is 3. The molecule has 0 fully saturated rings. The summed E-state index contributed by atoms with van der Waals surface area (Å²) >= 11 is 0. The zero-order valence-electron chi connectivity index (χ0n) is 48.9. The molecule has 0 radical (unpaired) electrons. The average molecular weight is 1020 g/mol. The Labute approximate surface area is 450 Å². The molecule has 5 heteroatoms. The van der Waals surface area contributed by atoms with Crippen LogP contribution in [0.25, 0.3) is 0 Å². The van der Waals surface area contributed by atoms with Gasteiger partial charge in [-0.25, -0.2) is 0 Å². The molecule has 0 atom stereocenters. The van der Waals surface area contributed by atoms with Gasteiger partial charge in [0.25, 0.3) is 0 Å². The van der Waals surface area contributed by atoms with Crippen LogP contribution in [0.4, 0.5) is 0 Å². The molecular formula is C67H121O4P. The SMILES string of the molecule is CCCCCCCCCCCCCc1c(CCCCCCCCCCCCC)c(CCCCCCCCCCCCC)c(C(C)(C)c2ccccc2O)c(OP(O)O)c1CCCCCCCCCCCCC. The third-order valence-corrected chi connectivity index (χ3v) is 16.7. The molecule has 0 heterocycles. The molecule has 2 aromatic carbocycles. The summed E-state index contributed by atoms with van der Waals surface area (Å²) < 4.78 is 6.53. The number of phenols is 1. The van der Waals surface area contributed by atoms with Crippen molar-refractivity contribution in [3.05, 3.63) is 57.6 Å². The lowest BCUT2D eigenvalue weighted by atomic mass is 9.70. The number of hydrogen-bond acceptors (Lipinski definition) is 4. The predicted octanol–water partition coefficient (Wildman–Crippen LogP) is 22.7. The van der Waals surface area contributed by atoms with Crippen molar-refractivity contribution in [3.8, 4) is 11.5 Å². The van der Waals surface area contributed by atoms with Gasteiger partial charge in [-0.2, -0.15) is 0 Å². The zero-order chi connectivity index (χ0) is 52.2. The summed E-state index contributed by atoms with van der Waals surface area (Å²) in [6.45, 7) is 13.7. The first-order chi connectivity index (χ1) is 35.2. The van der Waals surface area contributed by atoms with E-state index >= 15 is 0 Å². The lowest BCUT2D eigenvalue weighted by Crippen LogP contribution is -2.25. The number of aromatic hydroxyl groups is 1. The predicted molar refractivity (Wildman–Crippen MR) is 319 cm³/mol. The number of rotatable bonds is 52. The highest BCUT2D eigenvalue weighted by Gasteiger charge is 2.36.